The number of pyridine rings is 1. The van der Waals surface area contributed by atoms with E-state index < -0.39 is 34.4 Å². The second-order valence-corrected chi connectivity index (χ2v) is 6.64. The molecule has 2 nitrogen and oxygen atoms in total. The normalized spacial score (nSPS) is 11.8. The van der Waals surface area contributed by atoms with Gasteiger partial charge < -0.3 is 0 Å². The summed E-state index contributed by atoms with van der Waals surface area (Å²) in [4.78, 5) is 4.60. The van der Waals surface area contributed by atoms with E-state index in [1.165, 1.54) is 6.20 Å². The maximum absolute atomic E-state index is 14.8. The molecule has 0 spiro atoms. The lowest BCUT2D eigenvalue weighted by Crippen LogP contribution is -2.04. The first-order valence-electron chi connectivity index (χ1n) is 8.60. The topological polar surface area (TPSA) is 17.3 Å². The van der Waals surface area contributed by atoms with Crippen molar-refractivity contribution in [1.82, 2.24) is 9.38 Å². The van der Waals surface area contributed by atoms with Crippen molar-refractivity contribution in [2.24, 2.45) is 0 Å². The van der Waals surface area contributed by atoms with Crippen molar-refractivity contribution in [2.75, 3.05) is 0 Å². The number of fused-ring (bicyclic) bond motifs is 5. The van der Waals surface area contributed by atoms with Gasteiger partial charge in [-0.3, -0.25) is 4.40 Å². The number of nitrogens with zero attached hydrogens (tertiary/aromatic N) is 2. The molecule has 0 saturated heterocycles. The minimum absolute atomic E-state index is 0.0547. The summed E-state index contributed by atoms with van der Waals surface area (Å²) in [6, 6.07) is 14.2. The molecular formula is C22H12F4N2. The van der Waals surface area contributed by atoms with Crippen LogP contribution in [0.5, 0.6) is 0 Å². The lowest BCUT2D eigenvalue weighted by Gasteiger charge is -2.13. The summed E-state index contributed by atoms with van der Waals surface area (Å²) in [6.45, 7) is 1.01. The van der Waals surface area contributed by atoms with E-state index in [4.69, 9.17) is 0 Å². The van der Waals surface area contributed by atoms with Gasteiger partial charge in [0, 0.05) is 22.7 Å². The average Bonchev–Trinajstić information content (AvgIpc) is 3.10. The highest BCUT2D eigenvalue weighted by atomic mass is 19.2. The third-order valence-electron chi connectivity index (χ3n) is 5.06. The van der Waals surface area contributed by atoms with Crippen molar-refractivity contribution in [1.29, 1.82) is 0 Å². The molecule has 5 rings (SSSR count). The van der Waals surface area contributed by atoms with Crippen LogP contribution in [0.1, 0.15) is 5.56 Å². The average molecular weight is 380 g/mol. The van der Waals surface area contributed by atoms with Gasteiger partial charge in [0.15, 0.2) is 23.3 Å². The van der Waals surface area contributed by atoms with Crippen molar-refractivity contribution >= 4 is 27.5 Å². The minimum Gasteiger partial charge on any atom is -0.298 e. The first-order chi connectivity index (χ1) is 13.5. The standard InChI is InChI=1S/C22H12F4N2/c1-11-18(23)20(25)17(21(26)19(11)24)14-10-28-16-9-5-4-8-15(16)27-22(28)13-7-3-2-6-12(13)14/h2-10H,1H3. The molecule has 0 radical (unpaired) electrons. The third-order valence-corrected chi connectivity index (χ3v) is 5.06. The van der Waals surface area contributed by atoms with E-state index in [-0.39, 0.29) is 5.56 Å². The van der Waals surface area contributed by atoms with Gasteiger partial charge >= 0.3 is 0 Å². The molecule has 0 aliphatic carbocycles. The smallest absolute Gasteiger partial charge is 0.170 e. The molecule has 0 aliphatic heterocycles. The van der Waals surface area contributed by atoms with Crippen LogP contribution in [0.4, 0.5) is 17.6 Å². The van der Waals surface area contributed by atoms with Crippen LogP contribution in [-0.2, 0) is 0 Å². The van der Waals surface area contributed by atoms with Gasteiger partial charge in [-0.15, -0.1) is 0 Å². The van der Waals surface area contributed by atoms with Crippen LogP contribution in [0.25, 0.3) is 38.6 Å². The summed E-state index contributed by atoms with van der Waals surface area (Å²) in [5, 5.41) is 1.07. The lowest BCUT2D eigenvalue weighted by molar-refractivity contribution is 0.449. The summed E-state index contributed by atoms with van der Waals surface area (Å²) in [7, 11) is 0. The van der Waals surface area contributed by atoms with Crippen LogP contribution in [-0.4, -0.2) is 9.38 Å². The largest absolute Gasteiger partial charge is 0.298 e. The van der Waals surface area contributed by atoms with Crippen molar-refractivity contribution < 1.29 is 17.6 Å². The predicted molar refractivity (Wildman–Crippen MR) is 100 cm³/mol. The Balaban J connectivity index is 2.02. The zero-order valence-electron chi connectivity index (χ0n) is 14.6. The van der Waals surface area contributed by atoms with Crippen molar-refractivity contribution in [3.8, 4) is 11.1 Å². The van der Waals surface area contributed by atoms with E-state index in [2.05, 4.69) is 4.98 Å². The Morgan fingerprint density at radius 2 is 1.36 bits per heavy atom. The van der Waals surface area contributed by atoms with Gasteiger partial charge in [0.1, 0.15) is 5.65 Å². The zero-order valence-corrected chi connectivity index (χ0v) is 14.6. The van der Waals surface area contributed by atoms with Crippen LogP contribution >= 0.6 is 0 Å². The molecule has 2 heterocycles. The highest BCUT2D eigenvalue weighted by molar-refractivity contribution is 6.05. The Hall–Kier alpha value is -3.41. The van der Waals surface area contributed by atoms with Gasteiger partial charge in [0.2, 0.25) is 0 Å². The van der Waals surface area contributed by atoms with Crippen LogP contribution in [0.2, 0.25) is 0 Å². The molecule has 138 valence electrons. The number of aromatic nitrogens is 2. The number of benzene rings is 3. The van der Waals surface area contributed by atoms with Gasteiger partial charge in [-0.1, -0.05) is 36.4 Å². The molecule has 3 aromatic carbocycles. The Kier molecular flexibility index (Phi) is 3.46. The van der Waals surface area contributed by atoms with Crippen molar-refractivity contribution in [3.05, 3.63) is 83.6 Å². The lowest BCUT2D eigenvalue weighted by atomic mass is 9.97. The fourth-order valence-corrected chi connectivity index (χ4v) is 3.65. The molecule has 6 heteroatoms. The molecule has 0 amide bonds. The molecule has 5 aromatic rings. The summed E-state index contributed by atoms with van der Waals surface area (Å²) in [6.07, 6.45) is 1.47. The maximum Gasteiger partial charge on any atom is 0.170 e. The van der Waals surface area contributed by atoms with Gasteiger partial charge in [0.05, 0.1) is 16.6 Å². The van der Waals surface area contributed by atoms with Gasteiger partial charge in [-0.2, -0.15) is 0 Å². The third kappa shape index (κ3) is 2.11. The van der Waals surface area contributed by atoms with Crippen LogP contribution in [0.3, 0.4) is 0 Å². The Morgan fingerprint density at radius 1 is 0.750 bits per heavy atom. The van der Waals surface area contributed by atoms with Crippen LogP contribution < -0.4 is 0 Å². The highest BCUT2D eigenvalue weighted by Gasteiger charge is 2.26. The second kappa shape index (κ2) is 5.79. The number of halogens is 4. The summed E-state index contributed by atoms with van der Waals surface area (Å²) in [5.41, 5.74) is 0.660. The Bertz CT molecular complexity index is 1390. The van der Waals surface area contributed by atoms with Gasteiger partial charge in [0.25, 0.3) is 0 Å². The molecule has 0 bridgehead atoms. The fourth-order valence-electron chi connectivity index (χ4n) is 3.65. The first kappa shape index (κ1) is 16.7. The highest BCUT2D eigenvalue weighted by Crippen LogP contribution is 2.37. The summed E-state index contributed by atoms with van der Waals surface area (Å²) in [5.74, 6) is -5.61. The molecule has 0 atom stereocenters. The SMILES string of the molecule is Cc1c(F)c(F)c(-c2cn3c4ccccc4nc3c3ccccc23)c(F)c1F. The van der Waals surface area contributed by atoms with Crippen molar-refractivity contribution in [2.45, 2.75) is 6.92 Å². The van der Waals surface area contributed by atoms with E-state index in [1.54, 1.807) is 28.7 Å². The molecule has 2 aromatic heterocycles. The van der Waals surface area contributed by atoms with E-state index in [9.17, 15) is 17.6 Å². The molecule has 0 fully saturated rings. The van der Waals surface area contributed by atoms with E-state index in [0.29, 0.717) is 21.9 Å². The molecule has 0 saturated carbocycles. The molecular weight excluding hydrogens is 368 g/mol. The molecule has 0 aliphatic rings. The first-order valence-corrected chi connectivity index (χ1v) is 8.60. The minimum atomic E-state index is -1.41. The van der Waals surface area contributed by atoms with E-state index in [1.807, 2.05) is 24.3 Å². The Morgan fingerprint density at radius 3 is 2.07 bits per heavy atom. The summed E-state index contributed by atoms with van der Waals surface area (Å²) >= 11 is 0. The molecule has 28 heavy (non-hydrogen) atoms. The quantitative estimate of drug-likeness (QED) is 0.251. The Labute approximate surface area is 156 Å². The second-order valence-electron chi connectivity index (χ2n) is 6.64. The fraction of sp³-hybridized carbons (Fsp3) is 0.0455. The number of hydrogen-bond acceptors (Lipinski definition) is 1. The molecule has 0 N–H and O–H groups in total. The van der Waals surface area contributed by atoms with Crippen LogP contribution in [0.15, 0.2) is 54.7 Å². The zero-order chi connectivity index (χ0) is 19.6. The maximum atomic E-state index is 14.8. The van der Waals surface area contributed by atoms with E-state index in [0.717, 1.165) is 12.4 Å². The van der Waals surface area contributed by atoms with Crippen LogP contribution in [0, 0.1) is 30.2 Å². The van der Waals surface area contributed by atoms with Gasteiger partial charge in [-0.05, 0) is 24.4 Å². The van der Waals surface area contributed by atoms with Crippen molar-refractivity contribution in [3.63, 3.8) is 0 Å². The summed E-state index contributed by atoms with van der Waals surface area (Å²) < 4.78 is 59.6. The number of para-hydroxylation sites is 2. The van der Waals surface area contributed by atoms with Gasteiger partial charge in [-0.25, -0.2) is 22.5 Å². The number of rotatable bonds is 1. The predicted octanol–water partition coefficient (Wildman–Crippen LogP) is 6.17. The number of hydrogen-bond donors (Lipinski definition) is 0. The monoisotopic (exact) mass is 380 g/mol. The van der Waals surface area contributed by atoms with E-state index >= 15 is 0 Å². The number of imidazole rings is 1. The molecule has 0 unspecified atom stereocenters.